The minimum absolute atomic E-state index is 0.0421. The zero-order valence-corrected chi connectivity index (χ0v) is 16.6. The summed E-state index contributed by atoms with van der Waals surface area (Å²) in [5, 5.41) is 14.4. The Morgan fingerprint density at radius 3 is 2.17 bits per heavy atom. The second-order valence-corrected chi connectivity index (χ2v) is 6.95. The molecule has 7 nitrogen and oxygen atoms in total. The molecule has 0 heterocycles. The van der Waals surface area contributed by atoms with Crippen molar-refractivity contribution in [2.75, 3.05) is 5.75 Å². The van der Waals surface area contributed by atoms with Crippen LogP contribution in [0.25, 0.3) is 0 Å². The highest BCUT2D eigenvalue weighted by Crippen LogP contribution is 2.11. The lowest BCUT2D eigenvalue weighted by molar-refractivity contribution is -0.129. The third-order valence-corrected chi connectivity index (χ3v) is 4.65. The number of phenolic OH excluding ortho intramolecular Hbond substituents is 1. The van der Waals surface area contributed by atoms with E-state index in [2.05, 4.69) is 23.3 Å². The molecule has 0 fully saturated rings. The van der Waals surface area contributed by atoms with Crippen molar-refractivity contribution in [1.29, 1.82) is 0 Å². The standard InChI is InChI=1S/C21H24N3O4S/c22-18(11-14-4-2-1-3-5-14)20(27)24-19(13-29)21(28)23-16(12-25)10-15-6-8-17(26)9-7-15/h1-9,16,18-19,26,29H,10-11,13,22H2,(H,23,28)(H,24,27)/t16-,18+,19-/m0/s1. The lowest BCUT2D eigenvalue weighted by Gasteiger charge is -2.21. The summed E-state index contributed by atoms with van der Waals surface area (Å²) in [6.07, 6.45) is 2.31. The summed E-state index contributed by atoms with van der Waals surface area (Å²) in [4.78, 5) is 36.1. The van der Waals surface area contributed by atoms with Gasteiger partial charge in [-0.15, -0.1) is 0 Å². The SMILES string of the molecule is N[C@H](Cc1ccccc1)C(=O)N[C@@H](CS)C(=O)N[C@H]([C]=O)Cc1ccc(O)cc1. The molecule has 8 heteroatoms. The number of benzene rings is 2. The Bertz CT molecular complexity index is 814. The Balaban J connectivity index is 1.91. The van der Waals surface area contributed by atoms with Crippen LogP contribution in [0.1, 0.15) is 11.1 Å². The van der Waals surface area contributed by atoms with Gasteiger partial charge in [-0.05, 0) is 29.7 Å². The van der Waals surface area contributed by atoms with Crippen LogP contribution in [0.2, 0.25) is 0 Å². The van der Waals surface area contributed by atoms with Gasteiger partial charge < -0.3 is 21.5 Å². The number of thiol groups is 1. The van der Waals surface area contributed by atoms with Gasteiger partial charge >= 0.3 is 0 Å². The Kier molecular flexibility index (Phi) is 8.69. The first kappa shape index (κ1) is 22.4. The quantitative estimate of drug-likeness (QED) is 0.363. The third kappa shape index (κ3) is 7.24. The molecular formula is C21H24N3O4S. The molecule has 0 aliphatic carbocycles. The molecule has 0 unspecified atom stereocenters. The minimum Gasteiger partial charge on any atom is -0.508 e. The largest absolute Gasteiger partial charge is 0.508 e. The maximum absolute atomic E-state index is 12.5. The molecule has 0 spiro atoms. The molecular weight excluding hydrogens is 390 g/mol. The number of carbonyl (C=O) groups excluding carboxylic acids is 3. The van der Waals surface area contributed by atoms with Gasteiger partial charge in [-0.1, -0.05) is 42.5 Å². The molecule has 2 aromatic rings. The Morgan fingerprint density at radius 2 is 1.59 bits per heavy atom. The number of nitrogens with two attached hydrogens (primary N) is 1. The van der Waals surface area contributed by atoms with E-state index in [4.69, 9.17) is 5.73 Å². The molecule has 3 atom stereocenters. The van der Waals surface area contributed by atoms with Gasteiger partial charge in [-0.25, -0.2) is 0 Å². The van der Waals surface area contributed by atoms with Gasteiger partial charge in [0.2, 0.25) is 18.1 Å². The molecule has 0 aliphatic heterocycles. The van der Waals surface area contributed by atoms with E-state index < -0.39 is 29.9 Å². The van der Waals surface area contributed by atoms with E-state index in [-0.39, 0.29) is 17.9 Å². The maximum Gasteiger partial charge on any atom is 0.244 e. The topological polar surface area (TPSA) is 122 Å². The average molecular weight is 415 g/mol. The first-order valence-corrected chi connectivity index (χ1v) is 9.73. The van der Waals surface area contributed by atoms with Crippen molar-refractivity contribution < 1.29 is 19.5 Å². The summed E-state index contributed by atoms with van der Waals surface area (Å²) in [5.41, 5.74) is 7.59. The summed E-state index contributed by atoms with van der Waals surface area (Å²) < 4.78 is 0. The zero-order chi connectivity index (χ0) is 21.2. The van der Waals surface area contributed by atoms with Gasteiger partial charge in [0, 0.05) is 12.2 Å². The van der Waals surface area contributed by atoms with E-state index in [0.717, 1.165) is 11.1 Å². The number of amides is 2. The van der Waals surface area contributed by atoms with Crippen molar-refractivity contribution >= 4 is 30.7 Å². The van der Waals surface area contributed by atoms with Crippen LogP contribution in [0.4, 0.5) is 0 Å². The van der Waals surface area contributed by atoms with Gasteiger partial charge in [0.15, 0.2) is 0 Å². The highest BCUT2D eigenvalue weighted by Gasteiger charge is 2.25. The number of carbonyl (C=O) groups is 2. The van der Waals surface area contributed by atoms with Gasteiger partial charge in [-0.3, -0.25) is 14.4 Å². The smallest absolute Gasteiger partial charge is 0.244 e. The fraction of sp³-hybridized carbons (Fsp3) is 0.286. The summed E-state index contributed by atoms with van der Waals surface area (Å²) in [6.45, 7) is 0. The van der Waals surface area contributed by atoms with Crippen molar-refractivity contribution in [1.82, 2.24) is 10.6 Å². The fourth-order valence-corrected chi connectivity index (χ4v) is 2.95. The average Bonchev–Trinajstić information content (AvgIpc) is 2.73. The van der Waals surface area contributed by atoms with Gasteiger partial charge in [-0.2, -0.15) is 12.6 Å². The first-order chi connectivity index (χ1) is 13.9. The molecule has 0 saturated carbocycles. The molecule has 0 saturated heterocycles. The summed E-state index contributed by atoms with van der Waals surface area (Å²) in [5.74, 6) is -0.879. The lowest BCUT2D eigenvalue weighted by Crippen LogP contribution is -2.55. The number of nitrogens with one attached hydrogen (secondary N) is 2. The normalized spacial score (nSPS) is 13.7. The maximum atomic E-state index is 12.5. The summed E-state index contributed by atoms with van der Waals surface area (Å²) >= 11 is 4.12. The lowest BCUT2D eigenvalue weighted by atomic mass is 10.1. The van der Waals surface area contributed by atoms with Crippen LogP contribution >= 0.6 is 12.6 Å². The van der Waals surface area contributed by atoms with E-state index in [1.165, 1.54) is 12.1 Å². The van der Waals surface area contributed by atoms with E-state index >= 15 is 0 Å². The van der Waals surface area contributed by atoms with Crippen molar-refractivity contribution in [3.63, 3.8) is 0 Å². The van der Waals surface area contributed by atoms with Gasteiger partial charge in [0.25, 0.3) is 0 Å². The van der Waals surface area contributed by atoms with Crippen molar-refractivity contribution in [3.05, 3.63) is 65.7 Å². The third-order valence-electron chi connectivity index (χ3n) is 4.29. The van der Waals surface area contributed by atoms with E-state index in [0.29, 0.717) is 6.42 Å². The van der Waals surface area contributed by atoms with Crippen molar-refractivity contribution in [2.45, 2.75) is 31.0 Å². The predicted octanol–water partition coefficient (Wildman–Crippen LogP) is 0.514. The predicted molar refractivity (Wildman–Crippen MR) is 113 cm³/mol. The molecule has 29 heavy (non-hydrogen) atoms. The summed E-state index contributed by atoms with van der Waals surface area (Å²) in [6, 6.07) is 12.9. The van der Waals surface area contributed by atoms with Crippen LogP contribution in [-0.4, -0.2) is 47.1 Å². The number of phenols is 1. The molecule has 0 bridgehead atoms. The van der Waals surface area contributed by atoms with Gasteiger partial charge in [0.05, 0.1) is 12.1 Å². The Hall–Kier alpha value is -2.84. The minimum atomic E-state index is -0.941. The van der Waals surface area contributed by atoms with Crippen molar-refractivity contribution in [3.8, 4) is 5.75 Å². The molecule has 2 aromatic carbocycles. The van der Waals surface area contributed by atoms with E-state index in [1.54, 1.807) is 18.4 Å². The number of hydrogen-bond acceptors (Lipinski definition) is 6. The van der Waals surface area contributed by atoms with Crippen LogP contribution in [0.5, 0.6) is 5.75 Å². The molecule has 2 rings (SSSR count). The van der Waals surface area contributed by atoms with Crippen LogP contribution in [0.3, 0.4) is 0 Å². The van der Waals surface area contributed by atoms with Crippen LogP contribution < -0.4 is 16.4 Å². The molecule has 0 aliphatic rings. The Morgan fingerprint density at radius 1 is 0.966 bits per heavy atom. The molecule has 5 N–H and O–H groups in total. The number of aromatic hydroxyl groups is 1. The first-order valence-electron chi connectivity index (χ1n) is 9.09. The summed E-state index contributed by atoms with van der Waals surface area (Å²) in [7, 11) is 0. The highest BCUT2D eigenvalue weighted by atomic mass is 32.1. The van der Waals surface area contributed by atoms with Crippen LogP contribution in [-0.2, 0) is 27.2 Å². The van der Waals surface area contributed by atoms with Crippen molar-refractivity contribution in [2.24, 2.45) is 5.73 Å². The Labute approximate surface area is 175 Å². The molecule has 153 valence electrons. The molecule has 2 amide bonds. The van der Waals surface area contributed by atoms with Crippen LogP contribution in [0.15, 0.2) is 54.6 Å². The van der Waals surface area contributed by atoms with E-state index in [9.17, 15) is 19.5 Å². The molecule has 1 radical (unpaired) electrons. The molecule has 0 aromatic heterocycles. The number of rotatable bonds is 10. The van der Waals surface area contributed by atoms with Crippen LogP contribution in [0, 0.1) is 0 Å². The van der Waals surface area contributed by atoms with Gasteiger partial charge in [0.1, 0.15) is 11.8 Å². The van der Waals surface area contributed by atoms with E-state index in [1.807, 2.05) is 30.3 Å². The highest BCUT2D eigenvalue weighted by molar-refractivity contribution is 7.80. The second kappa shape index (κ2) is 11.2. The fourth-order valence-electron chi connectivity index (χ4n) is 2.70. The number of hydrogen-bond donors (Lipinski definition) is 5. The second-order valence-electron chi connectivity index (χ2n) is 6.59. The zero-order valence-electron chi connectivity index (χ0n) is 15.7. The monoisotopic (exact) mass is 414 g/mol.